The number of aromatic nitrogens is 2. The van der Waals surface area contributed by atoms with Crippen LogP contribution >= 0.6 is 11.8 Å². The maximum Gasteiger partial charge on any atom is 0.326 e. The number of aromatic hydroxyl groups is 1. The van der Waals surface area contributed by atoms with Crippen LogP contribution in [0.5, 0.6) is 5.75 Å². The van der Waals surface area contributed by atoms with Crippen molar-refractivity contribution in [2.45, 2.75) is 49.9 Å². The van der Waals surface area contributed by atoms with Crippen LogP contribution in [0.3, 0.4) is 0 Å². The highest BCUT2D eigenvalue weighted by Crippen LogP contribution is 2.12. The monoisotopic (exact) mass is 564 g/mol. The molecule has 1 aromatic heterocycles. The van der Waals surface area contributed by atoms with Gasteiger partial charge in [0.15, 0.2) is 0 Å². The van der Waals surface area contributed by atoms with Crippen molar-refractivity contribution in [2.75, 3.05) is 12.0 Å². The molecule has 14 nitrogen and oxygen atoms in total. The number of nitrogens with zero attached hydrogens (tertiary/aromatic N) is 1. The van der Waals surface area contributed by atoms with E-state index in [0.29, 0.717) is 17.0 Å². The second-order valence-corrected chi connectivity index (χ2v) is 9.64. The van der Waals surface area contributed by atoms with Crippen LogP contribution in [0.25, 0.3) is 0 Å². The van der Waals surface area contributed by atoms with Crippen LogP contribution in [0.1, 0.15) is 24.1 Å². The lowest BCUT2D eigenvalue weighted by molar-refractivity contribution is -0.142. The molecule has 0 fully saturated rings. The van der Waals surface area contributed by atoms with E-state index in [9.17, 15) is 34.2 Å². The second kappa shape index (κ2) is 15.3. The van der Waals surface area contributed by atoms with Crippen molar-refractivity contribution in [1.29, 1.82) is 0 Å². The Morgan fingerprint density at radius 3 is 2.13 bits per heavy atom. The molecule has 1 aromatic carbocycles. The van der Waals surface area contributed by atoms with Crippen molar-refractivity contribution in [3.05, 3.63) is 48.0 Å². The molecule has 0 saturated heterocycles. The fourth-order valence-electron chi connectivity index (χ4n) is 3.50. The van der Waals surface area contributed by atoms with Gasteiger partial charge >= 0.3 is 11.9 Å². The van der Waals surface area contributed by atoms with Crippen LogP contribution in [0.2, 0.25) is 0 Å². The van der Waals surface area contributed by atoms with Gasteiger partial charge in [-0.3, -0.25) is 19.2 Å². The number of phenolic OH excluding ortho intramolecular Hbond substituents is 1. The smallest absolute Gasteiger partial charge is 0.326 e. The summed E-state index contributed by atoms with van der Waals surface area (Å²) in [7, 11) is 0. The number of thioether (sulfide) groups is 1. The predicted molar refractivity (Wildman–Crippen MR) is 141 cm³/mol. The van der Waals surface area contributed by atoms with Gasteiger partial charge in [0.25, 0.3) is 0 Å². The molecule has 39 heavy (non-hydrogen) atoms. The van der Waals surface area contributed by atoms with E-state index in [1.807, 2.05) is 0 Å². The van der Waals surface area contributed by atoms with Gasteiger partial charge in [-0.1, -0.05) is 12.1 Å². The number of hydrogen-bond donors (Lipinski definition) is 8. The second-order valence-electron chi connectivity index (χ2n) is 8.66. The predicted octanol–water partition coefficient (Wildman–Crippen LogP) is -1.01. The number of nitrogens with one attached hydrogen (secondary N) is 4. The number of H-pyrrole nitrogens is 1. The molecule has 0 radical (unpaired) electrons. The van der Waals surface area contributed by atoms with E-state index in [1.165, 1.54) is 36.4 Å². The molecule has 212 valence electrons. The molecule has 3 amide bonds. The number of aromatic amines is 1. The van der Waals surface area contributed by atoms with E-state index in [2.05, 4.69) is 25.9 Å². The first-order valence-electron chi connectivity index (χ1n) is 11.9. The van der Waals surface area contributed by atoms with Crippen molar-refractivity contribution in [3.8, 4) is 5.75 Å². The molecule has 2 aromatic rings. The van der Waals surface area contributed by atoms with Crippen LogP contribution in [0.15, 0.2) is 36.8 Å². The molecule has 0 bridgehead atoms. The summed E-state index contributed by atoms with van der Waals surface area (Å²) < 4.78 is 0. The van der Waals surface area contributed by atoms with Gasteiger partial charge in [-0.2, -0.15) is 11.8 Å². The number of imidazole rings is 1. The quantitative estimate of drug-likeness (QED) is 0.123. The summed E-state index contributed by atoms with van der Waals surface area (Å²) in [6.45, 7) is 0. The van der Waals surface area contributed by atoms with Gasteiger partial charge < -0.3 is 42.0 Å². The topological polar surface area (TPSA) is 237 Å². The van der Waals surface area contributed by atoms with E-state index in [-0.39, 0.29) is 25.0 Å². The van der Waals surface area contributed by atoms with Crippen LogP contribution in [-0.4, -0.2) is 91.1 Å². The van der Waals surface area contributed by atoms with E-state index < -0.39 is 60.2 Å². The Bertz CT molecular complexity index is 1130. The summed E-state index contributed by atoms with van der Waals surface area (Å²) in [5.41, 5.74) is 6.65. The van der Waals surface area contributed by atoms with Crippen LogP contribution in [-0.2, 0) is 36.8 Å². The third-order valence-corrected chi connectivity index (χ3v) is 6.22. The van der Waals surface area contributed by atoms with Crippen molar-refractivity contribution in [3.63, 3.8) is 0 Å². The molecule has 1 heterocycles. The molecule has 0 saturated carbocycles. The standard InChI is InChI=1S/C24H32N6O8S/c1-39-7-6-17(28-21(34)16(25)10-20(32)33)22(35)29-18(8-13-2-4-15(31)5-3-13)23(36)30-19(24(37)38)9-14-11-26-12-27-14/h2-5,11-12,16-19,31H,6-10,25H2,1H3,(H,26,27)(H,28,34)(H,29,35)(H,30,36)(H,32,33)(H,37,38). The zero-order chi connectivity index (χ0) is 28.9. The highest BCUT2D eigenvalue weighted by atomic mass is 32.2. The first-order chi connectivity index (χ1) is 18.5. The van der Waals surface area contributed by atoms with E-state index in [0.717, 1.165) is 0 Å². The average molecular weight is 565 g/mol. The Kier molecular flexibility index (Phi) is 12.2. The molecule has 4 atom stereocenters. The summed E-state index contributed by atoms with van der Waals surface area (Å²) in [5, 5.41) is 35.5. The van der Waals surface area contributed by atoms with Crippen molar-refractivity contribution < 1.29 is 39.3 Å². The molecule has 0 aliphatic carbocycles. The van der Waals surface area contributed by atoms with Gasteiger partial charge in [-0.15, -0.1) is 0 Å². The van der Waals surface area contributed by atoms with Crippen LogP contribution in [0.4, 0.5) is 0 Å². The zero-order valence-corrected chi connectivity index (χ0v) is 21.9. The lowest BCUT2D eigenvalue weighted by atomic mass is 10.0. The summed E-state index contributed by atoms with van der Waals surface area (Å²) in [4.78, 5) is 68.2. The Morgan fingerprint density at radius 1 is 0.949 bits per heavy atom. The summed E-state index contributed by atoms with van der Waals surface area (Å²) in [6.07, 6.45) is 3.96. The van der Waals surface area contributed by atoms with Gasteiger partial charge in [-0.25, -0.2) is 9.78 Å². The SMILES string of the molecule is CSCCC(NC(=O)C(N)CC(=O)O)C(=O)NC(Cc1ccc(O)cc1)C(=O)NC(Cc1cnc[nH]1)C(=O)O. The number of amides is 3. The maximum absolute atomic E-state index is 13.2. The summed E-state index contributed by atoms with van der Waals surface area (Å²) >= 11 is 1.40. The number of carbonyl (C=O) groups excluding carboxylic acids is 3. The average Bonchev–Trinajstić information content (AvgIpc) is 3.39. The highest BCUT2D eigenvalue weighted by Gasteiger charge is 2.31. The van der Waals surface area contributed by atoms with E-state index >= 15 is 0 Å². The number of carbonyl (C=O) groups is 5. The van der Waals surface area contributed by atoms with Gasteiger partial charge in [0, 0.05) is 24.7 Å². The Morgan fingerprint density at radius 2 is 1.56 bits per heavy atom. The third-order valence-electron chi connectivity index (χ3n) is 5.58. The highest BCUT2D eigenvalue weighted by molar-refractivity contribution is 7.98. The summed E-state index contributed by atoms with van der Waals surface area (Å²) in [5.74, 6) is -4.51. The Labute approximate surface area is 228 Å². The van der Waals surface area contributed by atoms with Gasteiger partial charge in [0.1, 0.15) is 23.9 Å². The third kappa shape index (κ3) is 10.6. The minimum Gasteiger partial charge on any atom is -0.508 e. The minimum absolute atomic E-state index is 0.00757. The molecular formula is C24H32N6O8S. The number of carboxylic acids is 2. The molecular weight excluding hydrogens is 532 g/mol. The first kappa shape index (κ1) is 31.1. The first-order valence-corrected chi connectivity index (χ1v) is 13.2. The van der Waals surface area contributed by atoms with Gasteiger partial charge in [-0.05, 0) is 36.1 Å². The number of rotatable bonds is 16. The molecule has 9 N–H and O–H groups in total. The number of carboxylic acid groups (broad SMARTS) is 2. The van der Waals surface area contributed by atoms with Crippen molar-refractivity contribution >= 4 is 41.4 Å². The minimum atomic E-state index is -1.39. The number of phenols is 1. The molecule has 0 aliphatic heterocycles. The zero-order valence-electron chi connectivity index (χ0n) is 21.1. The van der Waals surface area contributed by atoms with E-state index in [4.69, 9.17) is 10.8 Å². The maximum atomic E-state index is 13.2. The largest absolute Gasteiger partial charge is 0.508 e. The normalized spacial score (nSPS) is 13.9. The Balaban J connectivity index is 2.24. The molecule has 0 spiro atoms. The van der Waals surface area contributed by atoms with Crippen LogP contribution < -0.4 is 21.7 Å². The Hall–Kier alpha value is -4.11. The van der Waals surface area contributed by atoms with Crippen molar-refractivity contribution in [2.24, 2.45) is 5.73 Å². The number of aliphatic carboxylic acids is 2. The molecule has 15 heteroatoms. The van der Waals surface area contributed by atoms with Crippen molar-refractivity contribution in [1.82, 2.24) is 25.9 Å². The fraction of sp³-hybridized carbons (Fsp3) is 0.417. The molecule has 4 unspecified atom stereocenters. The number of hydrogen-bond acceptors (Lipinski definition) is 9. The van der Waals surface area contributed by atoms with Gasteiger partial charge in [0.05, 0.1) is 18.8 Å². The van der Waals surface area contributed by atoms with E-state index in [1.54, 1.807) is 18.4 Å². The van der Waals surface area contributed by atoms with Crippen LogP contribution in [0, 0.1) is 0 Å². The number of benzene rings is 1. The summed E-state index contributed by atoms with van der Waals surface area (Å²) in [6, 6.07) is 0.760. The molecule has 0 aliphatic rings. The fourth-order valence-corrected chi connectivity index (χ4v) is 3.97. The lowest BCUT2D eigenvalue weighted by Crippen LogP contribution is -2.58. The van der Waals surface area contributed by atoms with Gasteiger partial charge in [0.2, 0.25) is 17.7 Å². The molecule has 2 rings (SSSR count). The number of nitrogens with two attached hydrogens (primary N) is 1. The lowest BCUT2D eigenvalue weighted by Gasteiger charge is -2.25.